The van der Waals surface area contributed by atoms with Crippen LogP contribution in [0.2, 0.25) is 0 Å². The van der Waals surface area contributed by atoms with Crippen LogP contribution in [0.25, 0.3) is 0 Å². The van der Waals surface area contributed by atoms with Crippen molar-refractivity contribution in [2.24, 2.45) is 0 Å². The molecular weight excluding hydrogens is 239 g/mol. The van der Waals surface area contributed by atoms with Crippen molar-refractivity contribution in [3.05, 3.63) is 29.8 Å². The van der Waals surface area contributed by atoms with Gasteiger partial charge in [0.2, 0.25) is 0 Å². The number of rotatable bonds is 4. The van der Waals surface area contributed by atoms with Gasteiger partial charge in [0.05, 0.1) is 5.56 Å². The predicted molar refractivity (Wildman–Crippen MR) is 59.9 cm³/mol. The van der Waals surface area contributed by atoms with Gasteiger partial charge in [-0.1, -0.05) is 12.1 Å². The number of hydrogen-bond acceptors (Lipinski definition) is 1. The Morgan fingerprint density at radius 2 is 1.94 bits per heavy atom. The average molecular weight is 252 g/mol. The maximum Gasteiger partial charge on any atom is 0.418 e. The Bertz CT molecular complexity index is 338. The second-order valence-electron chi connectivity index (χ2n) is 3.57. The van der Waals surface area contributed by atoms with E-state index in [1.807, 2.05) is 0 Å². The minimum Gasteiger partial charge on any atom is -0.382 e. The first-order valence-electron chi connectivity index (χ1n) is 4.94. The fraction of sp³-hybridized carbons (Fsp3) is 0.455. The first-order valence-corrected chi connectivity index (χ1v) is 5.47. The molecule has 0 radical (unpaired) electrons. The zero-order valence-electron chi connectivity index (χ0n) is 8.81. The molecule has 0 heterocycles. The van der Waals surface area contributed by atoms with Crippen molar-refractivity contribution in [3.63, 3.8) is 0 Å². The molecule has 0 aromatic heterocycles. The standard InChI is InChI=1S/C11H13ClF3N/c1-8(6-7-12)16-10-5-3-2-4-9(10)11(13,14)15/h2-5,8,16H,6-7H2,1H3. The highest BCUT2D eigenvalue weighted by atomic mass is 35.5. The predicted octanol–water partition coefficient (Wildman–Crippen LogP) is 4.13. The minimum atomic E-state index is -4.33. The Kier molecular flexibility index (Phi) is 4.47. The number of nitrogens with one attached hydrogen (secondary N) is 1. The molecule has 0 saturated heterocycles. The maximum atomic E-state index is 12.6. The van der Waals surface area contributed by atoms with Gasteiger partial charge in [0.15, 0.2) is 0 Å². The second kappa shape index (κ2) is 5.43. The number of halogens is 4. The fourth-order valence-corrected chi connectivity index (χ4v) is 1.68. The summed E-state index contributed by atoms with van der Waals surface area (Å²) in [5, 5.41) is 2.81. The van der Waals surface area contributed by atoms with E-state index in [2.05, 4.69) is 5.32 Å². The number of para-hydroxylation sites is 1. The third-order valence-corrected chi connectivity index (χ3v) is 2.39. The molecule has 16 heavy (non-hydrogen) atoms. The molecule has 0 fully saturated rings. The molecule has 0 spiro atoms. The van der Waals surface area contributed by atoms with Crippen molar-refractivity contribution in [1.82, 2.24) is 0 Å². The van der Waals surface area contributed by atoms with Crippen LogP contribution in [0, 0.1) is 0 Å². The largest absolute Gasteiger partial charge is 0.418 e. The molecule has 1 aromatic carbocycles. The molecule has 1 N–H and O–H groups in total. The first kappa shape index (κ1) is 13.2. The fourth-order valence-electron chi connectivity index (χ4n) is 1.36. The van der Waals surface area contributed by atoms with Crippen molar-refractivity contribution < 1.29 is 13.2 Å². The molecule has 0 saturated carbocycles. The van der Waals surface area contributed by atoms with Crippen LogP contribution in [0.5, 0.6) is 0 Å². The van der Waals surface area contributed by atoms with E-state index < -0.39 is 11.7 Å². The van der Waals surface area contributed by atoms with E-state index in [9.17, 15) is 13.2 Å². The maximum absolute atomic E-state index is 12.6. The lowest BCUT2D eigenvalue weighted by molar-refractivity contribution is -0.137. The smallest absolute Gasteiger partial charge is 0.382 e. The summed E-state index contributed by atoms with van der Waals surface area (Å²) in [5.74, 6) is 0.419. The van der Waals surface area contributed by atoms with Gasteiger partial charge in [-0.2, -0.15) is 13.2 Å². The molecule has 90 valence electrons. The highest BCUT2D eigenvalue weighted by Gasteiger charge is 2.33. The third-order valence-electron chi connectivity index (χ3n) is 2.18. The Labute approximate surface area is 97.6 Å². The summed E-state index contributed by atoms with van der Waals surface area (Å²) in [6.07, 6.45) is -3.71. The summed E-state index contributed by atoms with van der Waals surface area (Å²) in [6, 6.07) is 5.36. The Morgan fingerprint density at radius 3 is 2.50 bits per heavy atom. The number of anilines is 1. The van der Waals surface area contributed by atoms with E-state index in [1.54, 1.807) is 13.0 Å². The zero-order chi connectivity index (χ0) is 12.2. The van der Waals surface area contributed by atoms with E-state index in [1.165, 1.54) is 12.1 Å². The highest BCUT2D eigenvalue weighted by molar-refractivity contribution is 6.17. The summed E-state index contributed by atoms with van der Waals surface area (Å²) in [7, 11) is 0. The quantitative estimate of drug-likeness (QED) is 0.794. The van der Waals surface area contributed by atoms with Crippen molar-refractivity contribution in [3.8, 4) is 0 Å². The molecule has 0 aliphatic carbocycles. The molecule has 1 rings (SSSR count). The normalized spacial score (nSPS) is 13.6. The molecule has 1 unspecified atom stereocenters. The van der Waals surface area contributed by atoms with Gasteiger partial charge in [-0.25, -0.2) is 0 Å². The van der Waals surface area contributed by atoms with Gasteiger partial charge in [0.1, 0.15) is 0 Å². The molecule has 1 nitrogen and oxygen atoms in total. The molecule has 5 heteroatoms. The number of hydrogen-bond donors (Lipinski definition) is 1. The van der Waals surface area contributed by atoms with Gasteiger partial charge in [-0.05, 0) is 25.5 Å². The molecule has 1 aromatic rings. The molecule has 1 atom stereocenters. The monoisotopic (exact) mass is 251 g/mol. The molecule has 0 amide bonds. The van der Waals surface area contributed by atoms with Crippen molar-refractivity contribution in [2.75, 3.05) is 11.2 Å². The lowest BCUT2D eigenvalue weighted by atomic mass is 10.1. The van der Waals surface area contributed by atoms with Gasteiger partial charge in [-0.3, -0.25) is 0 Å². The lowest BCUT2D eigenvalue weighted by Crippen LogP contribution is -2.19. The van der Waals surface area contributed by atoms with Crippen LogP contribution in [-0.2, 0) is 6.18 Å². The van der Waals surface area contributed by atoms with Crippen molar-refractivity contribution in [1.29, 1.82) is 0 Å². The topological polar surface area (TPSA) is 12.0 Å². The van der Waals surface area contributed by atoms with E-state index in [4.69, 9.17) is 11.6 Å². The number of benzene rings is 1. The minimum absolute atomic E-state index is 0.0824. The molecule has 0 aliphatic rings. The SMILES string of the molecule is CC(CCCl)Nc1ccccc1C(F)(F)F. The van der Waals surface area contributed by atoms with E-state index >= 15 is 0 Å². The summed E-state index contributed by atoms with van der Waals surface area (Å²) >= 11 is 5.53. The van der Waals surface area contributed by atoms with Gasteiger partial charge in [0.25, 0.3) is 0 Å². The van der Waals surface area contributed by atoms with Crippen LogP contribution in [-0.4, -0.2) is 11.9 Å². The van der Waals surface area contributed by atoms with Crippen LogP contribution >= 0.6 is 11.6 Å². The van der Waals surface area contributed by atoms with Gasteiger partial charge in [-0.15, -0.1) is 11.6 Å². The summed E-state index contributed by atoms with van der Waals surface area (Å²) in [4.78, 5) is 0. The molecule has 0 aliphatic heterocycles. The van der Waals surface area contributed by atoms with Gasteiger partial charge < -0.3 is 5.32 Å². The average Bonchev–Trinajstić information content (AvgIpc) is 2.17. The second-order valence-corrected chi connectivity index (χ2v) is 3.94. The van der Waals surface area contributed by atoms with Crippen LogP contribution in [0.3, 0.4) is 0 Å². The summed E-state index contributed by atoms with van der Waals surface area (Å²) < 4.78 is 37.9. The molecular formula is C11H13ClF3N. The van der Waals surface area contributed by atoms with Crippen molar-refractivity contribution >= 4 is 17.3 Å². The zero-order valence-corrected chi connectivity index (χ0v) is 9.57. The van der Waals surface area contributed by atoms with E-state index in [-0.39, 0.29) is 11.7 Å². The number of alkyl halides is 4. The van der Waals surface area contributed by atoms with Crippen LogP contribution in [0.4, 0.5) is 18.9 Å². The van der Waals surface area contributed by atoms with Gasteiger partial charge in [0, 0.05) is 17.6 Å². The van der Waals surface area contributed by atoms with Crippen molar-refractivity contribution in [2.45, 2.75) is 25.6 Å². The van der Waals surface area contributed by atoms with E-state index in [0.717, 1.165) is 6.07 Å². The van der Waals surface area contributed by atoms with Gasteiger partial charge >= 0.3 is 6.18 Å². The Hall–Kier alpha value is -0.900. The lowest BCUT2D eigenvalue weighted by Gasteiger charge is -2.18. The Morgan fingerprint density at radius 1 is 1.31 bits per heavy atom. The summed E-state index contributed by atoms with van der Waals surface area (Å²) in [6.45, 7) is 1.80. The van der Waals surface area contributed by atoms with Crippen LogP contribution < -0.4 is 5.32 Å². The van der Waals surface area contributed by atoms with Crippen LogP contribution in [0.1, 0.15) is 18.9 Å². The van der Waals surface area contributed by atoms with E-state index in [0.29, 0.717) is 12.3 Å². The third kappa shape index (κ3) is 3.59. The molecule has 0 bridgehead atoms. The highest BCUT2D eigenvalue weighted by Crippen LogP contribution is 2.34. The van der Waals surface area contributed by atoms with Crippen LogP contribution in [0.15, 0.2) is 24.3 Å². The Balaban J connectivity index is 2.87. The first-order chi connectivity index (χ1) is 7.45. The summed E-state index contributed by atoms with van der Waals surface area (Å²) in [5.41, 5.74) is -0.538.